The summed E-state index contributed by atoms with van der Waals surface area (Å²) in [7, 11) is 1.16. The van der Waals surface area contributed by atoms with E-state index in [1.54, 1.807) is 32.9 Å². The van der Waals surface area contributed by atoms with Crippen molar-refractivity contribution in [2.45, 2.75) is 26.4 Å². The summed E-state index contributed by atoms with van der Waals surface area (Å²) in [6.45, 7) is 5.87. The third-order valence-electron chi connectivity index (χ3n) is 2.79. The van der Waals surface area contributed by atoms with E-state index in [9.17, 15) is 14.5 Å². The Morgan fingerprint density at radius 3 is 2.54 bits per heavy atom. The molecule has 3 N–H and O–H groups in total. The zero-order valence-electron chi connectivity index (χ0n) is 15.1. The summed E-state index contributed by atoms with van der Waals surface area (Å²) in [5.74, 6) is -1.04. The zero-order chi connectivity index (χ0) is 19.7. The van der Waals surface area contributed by atoms with E-state index >= 15 is 0 Å². The minimum Gasteiger partial charge on any atom is -0.478 e. The van der Waals surface area contributed by atoms with Crippen LogP contribution >= 0.6 is 0 Å². The number of carbonyl (C=O) groups is 2. The van der Waals surface area contributed by atoms with Gasteiger partial charge in [-0.2, -0.15) is 0 Å². The van der Waals surface area contributed by atoms with Crippen LogP contribution in [-0.2, 0) is 9.57 Å². The quantitative estimate of drug-likeness (QED) is 0.471. The van der Waals surface area contributed by atoms with Crippen molar-refractivity contribution in [2.24, 2.45) is 0 Å². The van der Waals surface area contributed by atoms with E-state index in [-0.39, 0.29) is 28.5 Å². The lowest BCUT2D eigenvalue weighted by molar-refractivity contribution is -0.736. The van der Waals surface area contributed by atoms with Crippen LogP contribution in [0.1, 0.15) is 31.1 Å². The zero-order valence-corrected chi connectivity index (χ0v) is 15.1. The van der Waals surface area contributed by atoms with Crippen LogP contribution in [0.3, 0.4) is 0 Å². The van der Waals surface area contributed by atoms with Gasteiger partial charge in [0.25, 0.3) is 4.92 Å². The molecular formula is C16H23N4O6+. The molecular weight excluding hydrogens is 344 g/mol. The van der Waals surface area contributed by atoms with Crippen molar-refractivity contribution in [3.63, 3.8) is 0 Å². The lowest BCUT2D eigenvalue weighted by atomic mass is 10.2. The van der Waals surface area contributed by atoms with Crippen molar-refractivity contribution in [3.8, 4) is 0 Å². The van der Waals surface area contributed by atoms with Gasteiger partial charge in [-0.05, 0) is 20.8 Å². The summed E-state index contributed by atoms with van der Waals surface area (Å²) in [6, 6.07) is 1.15. The molecule has 1 amide bonds. The van der Waals surface area contributed by atoms with Crippen molar-refractivity contribution in [3.05, 3.63) is 34.9 Å². The van der Waals surface area contributed by atoms with Gasteiger partial charge in [-0.15, -0.1) is 0 Å². The molecule has 0 aliphatic carbocycles. The molecule has 0 aliphatic rings. The van der Waals surface area contributed by atoms with Crippen LogP contribution in [0.2, 0.25) is 0 Å². The molecule has 1 aromatic heterocycles. The molecule has 0 atom stereocenters. The maximum Gasteiger partial charge on any atom is 0.407 e. The van der Waals surface area contributed by atoms with Crippen LogP contribution in [0.25, 0.3) is 0 Å². The molecule has 0 radical (unpaired) electrons. The number of pyridine rings is 1. The summed E-state index contributed by atoms with van der Waals surface area (Å²) in [4.78, 5) is 42.7. The van der Waals surface area contributed by atoms with Crippen LogP contribution in [0.15, 0.2) is 24.4 Å². The van der Waals surface area contributed by atoms with Gasteiger partial charge in [-0.1, -0.05) is 12.2 Å². The summed E-state index contributed by atoms with van der Waals surface area (Å²) in [5, 5.41) is 14.4. The molecule has 0 saturated carbocycles. The molecule has 0 saturated heterocycles. The van der Waals surface area contributed by atoms with Gasteiger partial charge < -0.3 is 20.5 Å². The minimum atomic E-state index is -1.21. The van der Waals surface area contributed by atoms with E-state index in [0.29, 0.717) is 6.54 Å². The molecule has 10 heteroatoms. The van der Waals surface area contributed by atoms with Gasteiger partial charge in [0.15, 0.2) is 7.11 Å². The number of hydrogen-bond donors (Lipinski definition) is 3. The number of alkyl carbamates (subject to hydrolysis) is 1. The second-order valence-electron chi connectivity index (χ2n) is 6.07. The fraction of sp³-hybridized carbons (Fsp3) is 0.438. The Bertz CT molecular complexity index is 696. The number of ether oxygens (including phenoxy) is 1. The van der Waals surface area contributed by atoms with Gasteiger partial charge in [-0.25, -0.2) is 19.4 Å². The molecule has 0 fully saturated rings. The minimum absolute atomic E-state index is 0.0623. The number of carboxylic acids is 1. The summed E-state index contributed by atoms with van der Waals surface area (Å²) >= 11 is 0. The fourth-order valence-corrected chi connectivity index (χ4v) is 1.72. The van der Waals surface area contributed by atoms with Crippen LogP contribution in [0.4, 0.5) is 16.3 Å². The van der Waals surface area contributed by atoms with E-state index in [4.69, 9.17) is 9.84 Å². The maximum absolute atomic E-state index is 11.7. The Kier molecular flexibility index (Phi) is 7.51. The first-order valence-electron chi connectivity index (χ1n) is 7.74. The van der Waals surface area contributed by atoms with Gasteiger partial charge >= 0.3 is 17.7 Å². The number of rotatable bonds is 8. The third kappa shape index (κ3) is 7.16. The first kappa shape index (κ1) is 20.9. The van der Waals surface area contributed by atoms with E-state index in [1.807, 2.05) is 0 Å². The number of carbonyl (C=O) groups excluding carboxylic acids is 1. The smallest absolute Gasteiger partial charge is 0.407 e. The van der Waals surface area contributed by atoms with Crippen molar-refractivity contribution < 1.29 is 29.2 Å². The van der Waals surface area contributed by atoms with E-state index in [1.165, 1.54) is 0 Å². The van der Waals surface area contributed by atoms with Gasteiger partial charge in [0, 0.05) is 25.4 Å². The van der Waals surface area contributed by atoms with E-state index in [2.05, 4.69) is 20.5 Å². The Morgan fingerprint density at radius 1 is 1.31 bits per heavy atom. The lowest BCUT2D eigenvalue weighted by Crippen LogP contribution is -2.32. The van der Waals surface area contributed by atoms with Crippen molar-refractivity contribution in [1.82, 2.24) is 10.3 Å². The van der Waals surface area contributed by atoms with E-state index < -0.39 is 17.7 Å². The number of amides is 1. The summed E-state index contributed by atoms with van der Waals surface area (Å²) < 4.78 is 5.09. The molecule has 1 rings (SSSR count). The third-order valence-corrected chi connectivity index (χ3v) is 2.79. The van der Waals surface area contributed by atoms with Gasteiger partial charge in [0.05, 0.1) is 10.5 Å². The summed E-state index contributed by atoms with van der Waals surface area (Å²) in [6.07, 6.45) is 4.00. The molecule has 0 aromatic carbocycles. The number of aromatic nitrogens is 1. The Balaban J connectivity index is 2.58. The molecule has 1 aromatic rings. The predicted octanol–water partition coefficient (Wildman–Crippen LogP) is 2.24. The number of aromatic carboxylic acids is 1. The first-order valence-corrected chi connectivity index (χ1v) is 7.74. The number of hydrogen-bond acceptors (Lipinski definition) is 7. The molecule has 0 bridgehead atoms. The van der Waals surface area contributed by atoms with Crippen LogP contribution in [-0.4, -0.2) is 52.9 Å². The predicted molar refractivity (Wildman–Crippen MR) is 93.4 cm³/mol. The highest BCUT2D eigenvalue weighted by Gasteiger charge is 2.24. The molecule has 10 nitrogen and oxygen atoms in total. The number of nitrogens with zero attached hydrogens (tertiary/aromatic N) is 2. The van der Waals surface area contributed by atoms with Crippen LogP contribution < -0.4 is 10.6 Å². The normalized spacial score (nSPS) is 11.1. The highest BCUT2D eigenvalue weighted by molar-refractivity contribution is 5.88. The van der Waals surface area contributed by atoms with Crippen molar-refractivity contribution >= 4 is 23.6 Å². The maximum atomic E-state index is 11.7. The van der Waals surface area contributed by atoms with Crippen molar-refractivity contribution in [2.75, 3.05) is 25.5 Å². The molecule has 1 heterocycles. The number of nitrogens with one attached hydrogen (secondary N) is 2. The van der Waals surface area contributed by atoms with Gasteiger partial charge in [0.1, 0.15) is 5.60 Å². The van der Waals surface area contributed by atoms with Crippen LogP contribution in [0, 0.1) is 4.91 Å². The topological polar surface area (TPSA) is 130 Å². The van der Waals surface area contributed by atoms with Crippen LogP contribution in [0.5, 0.6) is 0 Å². The number of carboxylic acid groups (broad SMARTS) is 1. The highest BCUT2D eigenvalue weighted by Crippen LogP contribution is 2.23. The molecule has 0 unspecified atom stereocenters. The Hall–Kier alpha value is -3.17. The average Bonchev–Trinajstić information content (AvgIpc) is 2.55. The first-order chi connectivity index (χ1) is 12.1. The van der Waals surface area contributed by atoms with Gasteiger partial charge in [-0.3, -0.25) is 0 Å². The largest absolute Gasteiger partial charge is 0.478 e. The standard InChI is InChI=1S/C16H22N4O6/c1-16(2,3)26-15(23)18-8-6-5-7-17-13-12(20(24)25-4)9-11(10-19-13)14(21)22/h5-6,9-10H,7-8H2,1-4H3,(H2-,17,18,19,21,22,23,24)/p+1/b6-5+. The van der Waals surface area contributed by atoms with E-state index in [0.717, 1.165) is 19.4 Å². The monoisotopic (exact) mass is 367 g/mol. The second-order valence-corrected chi connectivity index (χ2v) is 6.07. The SMILES string of the molecule is CO[N+](=O)c1cc(C(=O)O)cnc1NC/C=C/CNC(=O)OC(C)(C)C. The molecule has 0 aliphatic heterocycles. The number of anilines is 1. The lowest BCUT2D eigenvalue weighted by Gasteiger charge is -2.19. The van der Waals surface area contributed by atoms with Crippen molar-refractivity contribution in [1.29, 1.82) is 0 Å². The summed E-state index contributed by atoms with van der Waals surface area (Å²) in [5.41, 5.74) is -0.765. The molecule has 26 heavy (non-hydrogen) atoms. The molecule has 142 valence electrons. The average molecular weight is 367 g/mol. The van der Waals surface area contributed by atoms with Gasteiger partial charge in [0.2, 0.25) is 5.82 Å². The highest BCUT2D eigenvalue weighted by atomic mass is 16.8. The Labute approximate surface area is 150 Å². The second kappa shape index (κ2) is 9.35. The fourth-order valence-electron chi connectivity index (χ4n) is 1.72. The molecule has 0 spiro atoms. The Morgan fingerprint density at radius 2 is 1.96 bits per heavy atom.